The molecule has 170 valence electrons. The van der Waals surface area contributed by atoms with E-state index < -0.39 is 23.9 Å². The molecule has 0 fully saturated rings. The average molecular weight is 452 g/mol. The molecule has 0 saturated heterocycles. The minimum Gasteiger partial charge on any atom is -0.550 e. The van der Waals surface area contributed by atoms with Gasteiger partial charge in [-0.05, 0) is 19.3 Å². The topological polar surface area (TPSA) is 110 Å². The molecule has 0 unspecified atom stereocenters. The fourth-order valence-electron chi connectivity index (χ4n) is 3.27. The molecule has 0 aliphatic carbocycles. The minimum absolute atomic E-state index is 0. The fourth-order valence-corrected chi connectivity index (χ4v) is 3.27. The Kier molecular flexibility index (Phi) is 25.8. The molecule has 1 atom stereocenters. The van der Waals surface area contributed by atoms with Gasteiger partial charge in [-0.2, -0.15) is 0 Å². The molecule has 0 aromatic carbocycles. The molecule has 0 aromatic rings. The van der Waals surface area contributed by atoms with Crippen LogP contribution in [-0.4, -0.2) is 23.9 Å². The van der Waals surface area contributed by atoms with Crippen molar-refractivity contribution in [3.63, 3.8) is 0 Å². The Morgan fingerprint density at radius 3 is 1.53 bits per heavy atom. The van der Waals surface area contributed by atoms with Gasteiger partial charge in [-0.1, -0.05) is 96.8 Å². The smallest absolute Gasteiger partial charge is 0.550 e. The van der Waals surface area contributed by atoms with Crippen LogP contribution in [0.3, 0.4) is 0 Å². The monoisotopic (exact) mass is 451 g/mol. The molecule has 0 aromatic heterocycles. The Bertz CT molecular complexity index is 445. The maximum absolute atomic E-state index is 11.6. The average Bonchev–Trinajstić information content (AvgIpc) is 2.68. The molecule has 0 spiro atoms. The first-order valence-corrected chi connectivity index (χ1v) is 11.7. The van der Waals surface area contributed by atoms with Gasteiger partial charge < -0.3 is 20.4 Å². The summed E-state index contributed by atoms with van der Waals surface area (Å²) in [7, 11) is 0. The maximum Gasteiger partial charge on any atom is 1.00 e. The third-order valence-electron chi connectivity index (χ3n) is 5.16. The van der Waals surface area contributed by atoms with E-state index in [1.807, 2.05) is 0 Å². The van der Waals surface area contributed by atoms with E-state index in [0.717, 1.165) is 12.8 Å². The number of carboxylic acids is 1. The molecule has 0 saturated carbocycles. The van der Waals surface area contributed by atoms with Crippen LogP contribution in [0.5, 0.6) is 0 Å². The molecule has 6 nitrogen and oxygen atoms in total. The van der Waals surface area contributed by atoms with Crippen LogP contribution in [-0.2, 0) is 19.1 Å². The Morgan fingerprint density at radius 2 is 1.13 bits per heavy atom. The largest absolute Gasteiger partial charge is 1.00 e. The number of aliphatic carboxylic acids is 1. The fraction of sp³-hybridized carbons (Fsp3) is 0.870. The van der Waals surface area contributed by atoms with Gasteiger partial charge in [0.15, 0.2) is 0 Å². The van der Waals surface area contributed by atoms with Crippen LogP contribution in [0.1, 0.15) is 122 Å². The number of hydrogen-bond donors (Lipinski definition) is 1. The van der Waals surface area contributed by atoms with E-state index in [1.165, 1.54) is 77.0 Å². The van der Waals surface area contributed by atoms with E-state index >= 15 is 0 Å². The van der Waals surface area contributed by atoms with Gasteiger partial charge in [0.1, 0.15) is 6.04 Å². The Morgan fingerprint density at radius 1 is 0.733 bits per heavy atom. The van der Waals surface area contributed by atoms with Gasteiger partial charge in [-0.3, -0.25) is 4.79 Å². The Balaban J connectivity index is 0. The number of esters is 2. The molecular formula is C23H42KNO5. The van der Waals surface area contributed by atoms with Crippen molar-refractivity contribution in [2.45, 2.75) is 129 Å². The zero-order valence-corrected chi connectivity index (χ0v) is 22.5. The molecule has 0 bridgehead atoms. The van der Waals surface area contributed by atoms with E-state index in [1.54, 1.807) is 0 Å². The third kappa shape index (κ3) is 22.9. The molecule has 0 rings (SSSR count). The van der Waals surface area contributed by atoms with E-state index in [2.05, 4.69) is 11.7 Å². The SMILES string of the molecule is CCCCCCCCCCCCCCCCCC(=O)OC(=O)[C@H](N)CCC(=O)[O-].[K+]. The summed E-state index contributed by atoms with van der Waals surface area (Å²) in [5.74, 6) is -2.73. The van der Waals surface area contributed by atoms with Crippen molar-refractivity contribution in [3.05, 3.63) is 0 Å². The van der Waals surface area contributed by atoms with E-state index in [4.69, 9.17) is 5.73 Å². The summed E-state index contributed by atoms with van der Waals surface area (Å²) in [6, 6.07) is -1.10. The maximum atomic E-state index is 11.6. The number of carbonyl (C=O) groups is 3. The molecule has 0 aliphatic rings. The first-order chi connectivity index (χ1) is 14.0. The van der Waals surface area contributed by atoms with Crippen molar-refractivity contribution in [2.75, 3.05) is 0 Å². The number of carbonyl (C=O) groups excluding carboxylic acids is 3. The molecule has 30 heavy (non-hydrogen) atoms. The van der Waals surface area contributed by atoms with Crippen LogP contribution >= 0.6 is 0 Å². The van der Waals surface area contributed by atoms with E-state index in [9.17, 15) is 19.5 Å². The standard InChI is InChI=1S/C23H43NO5.K/c1-2-3-4-5-6-7-8-9-10-11-12-13-14-15-16-17-22(27)29-23(28)20(24)18-19-21(25)26;/h20H,2-19,24H2,1H3,(H,25,26);/q;+1/p-1/t20-;/m1./s1. The van der Waals surface area contributed by atoms with Crippen LogP contribution < -0.4 is 62.2 Å². The normalized spacial score (nSPS) is 11.5. The molecule has 0 heterocycles. The van der Waals surface area contributed by atoms with Gasteiger partial charge >= 0.3 is 63.3 Å². The summed E-state index contributed by atoms with van der Waals surface area (Å²) < 4.78 is 4.65. The first kappa shape index (κ1) is 32.4. The van der Waals surface area contributed by atoms with Crippen molar-refractivity contribution >= 4 is 17.9 Å². The zero-order valence-electron chi connectivity index (χ0n) is 19.4. The van der Waals surface area contributed by atoms with Crippen molar-refractivity contribution in [3.8, 4) is 0 Å². The van der Waals surface area contributed by atoms with Gasteiger partial charge in [0.2, 0.25) is 0 Å². The third-order valence-corrected chi connectivity index (χ3v) is 5.16. The van der Waals surface area contributed by atoms with Gasteiger partial charge in [0, 0.05) is 12.4 Å². The van der Waals surface area contributed by atoms with E-state index in [0.29, 0.717) is 6.42 Å². The summed E-state index contributed by atoms with van der Waals surface area (Å²) in [4.78, 5) is 33.5. The number of ether oxygens (including phenoxy) is 1. The molecule has 7 heteroatoms. The molecule has 0 aliphatic heterocycles. The Hall–Kier alpha value is 0.206. The van der Waals surface area contributed by atoms with Crippen LogP contribution in [0.15, 0.2) is 0 Å². The second-order valence-electron chi connectivity index (χ2n) is 8.01. The summed E-state index contributed by atoms with van der Waals surface area (Å²) in [6.07, 6.45) is 18.5. The van der Waals surface area contributed by atoms with Crippen molar-refractivity contribution in [2.24, 2.45) is 5.73 Å². The predicted molar refractivity (Wildman–Crippen MR) is 113 cm³/mol. The minimum atomic E-state index is -1.28. The van der Waals surface area contributed by atoms with Crippen molar-refractivity contribution in [1.29, 1.82) is 0 Å². The van der Waals surface area contributed by atoms with Crippen LogP contribution in [0.25, 0.3) is 0 Å². The van der Waals surface area contributed by atoms with Crippen LogP contribution in [0.4, 0.5) is 0 Å². The van der Waals surface area contributed by atoms with Gasteiger partial charge in [-0.25, -0.2) is 4.79 Å². The van der Waals surface area contributed by atoms with Gasteiger partial charge in [0.05, 0.1) is 0 Å². The van der Waals surface area contributed by atoms with Crippen molar-refractivity contribution in [1.82, 2.24) is 0 Å². The summed E-state index contributed by atoms with van der Waals surface area (Å²) in [6.45, 7) is 2.25. The van der Waals surface area contributed by atoms with Crippen LogP contribution in [0.2, 0.25) is 0 Å². The van der Waals surface area contributed by atoms with Crippen molar-refractivity contribution < 1.29 is 75.6 Å². The van der Waals surface area contributed by atoms with Gasteiger partial charge in [0.25, 0.3) is 0 Å². The quantitative estimate of drug-likeness (QED) is 0.129. The first-order valence-electron chi connectivity index (χ1n) is 11.7. The second-order valence-corrected chi connectivity index (χ2v) is 8.01. The number of rotatable bonds is 20. The number of hydrogen-bond acceptors (Lipinski definition) is 6. The summed E-state index contributed by atoms with van der Waals surface area (Å²) in [5, 5.41) is 10.3. The molecule has 0 amide bonds. The summed E-state index contributed by atoms with van der Waals surface area (Å²) >= 11 is 0. The number of nitrogens with two attached hydrogens (primary N) is 1. The van der Waals surface area contributed by atoms with Gasteiger partial charge in [-0.15, -0.1) is 0 Å². The van der Waals surface area contributed by atoms with Crippen LogP contribution in [0, 0.1) is 0 Å². The summed E-state index contributed by atoms with van der Waals surface area (Å²) in [5.41, 5.74) is 5.48. The molecular weight excluding hydrogens is 409 g/mol. The van der Waals surface area contributed by atoms with E-state index in [-0.39, 0.29) is 70.6 Å². The molecule has 2 N–H and O–H groups in total. The Labute approximate surface area is 225 Å². The second kappa shape index (κ2) is 23.9. The number of unbranched alkanes of at least 4 members (excludes halogenated alkanes) is 14. The number of carboxylic acid groups (broad SMARTS) is 1. The molecule has 0 radical (unpaired) electrons. The predicted octanol–water partition coefficient (Wildman–Crippen LogP) is 1.18. The zero-order chi connectivity index (χ0) is 21.7.